The molecule has 754 valence electrons. The summed E-state index contributed by atoms with van der Waals surface area (Å²) in [7, 11) is -12.7. The predicted octanol–water partition coefficient (Wildman–Crippen LogP) is 1.26. The number of carbonyl (C=O) groups is 8. The zero-order chi connectivity index (χ0) is 97.6. The Morgan fingerprint density at radius 1 is 0.304 bits per heavy atom. The lowest BCUT2D eigenvalue weighted by Gasteiger charge is -2.21. The number of carbonyl (C=O) groups excluding carboxylic acids is 8. The zero-order valence-electron chi connectivity index (χ0n) is 71.3. The maximum atomic E-state index is 12.5. The van der Waals surface area contributed by atoms with Crippen LogP contribution in [0, 0.1) is 0 Å². The first-order chi connectivity index (χ1) is 63.9. The summed E-state index contributed by atoms with van der Waals surface area (Å²) >= 11 is 0. The summed E-state index contributed by atoms with van der Waals surface area (Å²) < 4.78 is 205. The quantitative estimate of drug-likeness (QED) is 0.00894. The number of nitrogens with zero attached hydrogens (tertiary/aromatic N) is 12. The molecule has 4 heterocycles. The van der Waals surface area contributed by atoms with E-state index in [0.29, 0.717) is 99.6 Å². The average molecular weight is 2110 g/mol. The molecule has 4 aromatic heterocycles. The Balaban J connectivity index is 0.000000442. The minimum atomic E-state index is -3.31. The molecule has 135 heavy (non-hydrogen) atoms. The van der Waals surface area contributed by atoms with Crippen LogP contribution in [-0.4, -0.2) is 376 Å². The lowest BCUT2D eigenvalue weighted by Crippen LogP contribution is -2.34. The fourth-order valence-corrected chi connectivity index (χ4v) is 17.1. The molecule has 0 spiro atoms. The number of nitrogens with two attached hydrogens (primary N) is 1. The van der Waals surface area contributed by atoms with Crippen LogP contribution < -0.4 is 46.4 Å². The van der Waals surface area contributed by atoms with E-state index in [1.54, 1.807) is 97.1 Å². The maximum absolute atomic E-state index is 12.5. The summed E-state index contributed by atoms with van der Waals surface area (Å²) in [5.41, 5.74) is 8.55. The van der Waals surface area contributed by atoms with Gasteiger partial charge in [-0.3, -0.25) is 19.4 Å². The lowest BCUT2D eigenvalue weighted by atomic mass is 10.3. The zero-order valence-corrected chi connectivity index (χ0v) is 79.5. The van der Waals surface area contributed by atoms with Crippen molar-refractivity contribution in [1.82, 2.24) is 81.9 Å². The van der Waals surface area contributed by atoms with Crippen molar-refractivity contribution in [3.05, 3.63) is 97.1 Å². The van der Waals surface area contributed by atoms with E-state index in [1.807, 2.05) is 0 Å². The number of aromatic nitrogens is 12. The molecule has 0 saturated carbocycles. The van der Waals surface area contributed by atoms with Gasteiger partial charge in [0.2, 0.25) is 0 Å². The van der Waals surface area contributed by atoms with Crippen LogP contribution in [0.15, 0.2) is 97.1 Å². The van der Waals surface area contributed by atoms with Crippen molar-refractivity contribution in [2.45, 2.75) is 31.8 Å². The van der Waals surface area contributed by atoms with Gasteiger partial charge in [-0.05, 0) is 123 Å². The fourth-order valence-electron chi connectivity index (χ4n) is 8.89. The van der Waals surface area contributed by atoms with Gasteiger partial charge in [0.15, 0.2) is 98.7 Å². The Labute approximate surface area is 787 Å². The highest BCUT2D eigenvalue weighted by Crippen LogP contribution is 2.17. The monoisotopic (exact) mass is 2110 g/mol. The van der Waals surface area contributed by atoms with Gasteiger partial charge in [-0.25, -0.2) is 80.4 Å². The second kappa shape index (κ2) is 62.4. The molecule has 0 aliphatic heterocycles. The van der Waals surface area contributed by atoms with Crippen molar-refractivity contribution >= 4 is 191 Å². The second-order valence-corrected chi connectivity index (χ2v) is 48.1. The molecule has 0 radical (unpaired) electrons. The maximum Gasteiger partial charge on any atom is 0.537 e. The molecule has 4 unspecified atom stereocenters. The van der Waals surface area contributed by atoms with Gasteiger partial charge in [-0.2, -0.15) is 0 Å². The number of hydrogen-bond donors (Lipinski definition) is 5. The molecule has 0 aliphatic carbocycles. The smallest absolute Gasteiger partial charge is 0.422 e. The first-order valence-electron chi connectivity index (χ1n) is 38.0. The van der Waals surface area contributed by atoms with E-state index in [2.05, 4.69) is 62.5 Å². The number of benzene rings is 4. The van der Waals surface area contributed by atoms with Crippen LogP contribution in [0.25, 0.3) is 44.1 Å². The van der Waals surface area contributed by atoms with Crippen LogP contribution in [0.4, 0.5) is 38.4 Å². The van der Waals surface area contributed by atoms with Crippen molar-refractivity contribution in [3.8, 4) is 0 Å². The van der Waals surface area contributed by atoms with Crippen molar-refractivity contribution in [3.63, 3.8) is 0 Å². The minimum Gasteiger partial charge on any atom is -0.422 e. The van der Waals surface area contributed by atoms with E-state index < -0.39 is 172 Å². The fraction of sp³-hybridized carbons (Fsp3) is 0.529. The largest absolute Gasteiger partial charge is 0.537 e. The molecule has 0 aliphatic rings. The number of amides is 4. The second-order valence-electron chi connectivity index (χ2n) is 25.3. The Morgan fingerprint density at radius 3 is 0.733 bits per heavy atom. The van der Waals surface area contributed by atoms with E-state index in [-0.39, 0.29) is 109 Å². The first-order valence-corrected chi connectivity index (χ1v) is 54.9. The first kappa shape index (κ1) is 115. The molecule has 4 amide bonds. The molecular weight excluding hydrogens is 2020 g/mol. The highest BCUT2D eigenvalue weighted by atomic mass is 33.2. The number of nitrogens with one attached hydrogen (secondary N) is 4. The van der Waals surface area contributed by atoms with Crippen LogP contribution in [0.2, 0.25) is 0 Å². The summed E-state index contributed by atoms with van der Waals surface area (Å²) in [5, 5.41) is 39.9. The predicted molar refractivity (Wildman–Crippen MR) is 476 cm³/mol. The molecule has 6 N–H and O–H groups in total. The van der Waals surface area contributed by atoms with E-state index in [1.165, 1.54) is 6.26 Å². The molecule has 4 atom stereocenters. The summed E-state index contributed by atoms with van der Waals surface area (Å²) in [5.74, 6) is 0.748. The summed E-state index contributed by atoms with van der Waals surface area (Å²) in [6, 6.07) is 26.9. The number of ether oxygens (including phenoxy) is 18. The third kappa shape index (κ3) is 52.6. The van der Waals surface area contributed by atoms with Crippen molar-refractivity contribution in [1.29, 1.82) is 0 Å². The average Bonchev–Trinajstić information content (AvgIpc) is 1.71. The molecular formula is C68H97N17O40S10. The normalized spacial score (nSPS) is 12.5. The van der Waals surface area contributed by atoms with Crippen molar-refractivity contribution in [2.24, 2.45) is 5.73 Å². The molecule has 0 saturated heterocycles. The Hall–Kier alpha value is -10.3. The van der Waals surface area contributed by atoms with Gasteiger partial charge in [0.25, 0.3) is 0 Å². The van der Waals surface area contributed by atoms with Gasteiger partial charge in [-0.1, -0.05) is 75.3 Å². The van der Waals surface area contributed by atoms with Crippen molar-refractivity contribution in [2.75, 3.05) is 200 Å². The number of rotatable bonds is 59. The molecule has 8 rings (SSSR count). The highest BCUT2D eigenvalue weighted by molar-refractivity contribution is 8.73. The van der Waals surface area contributed by atoms with Crippen LogP contribution in [-0.2, 0) is 130 Å². The van der Waals surface area contributed by atoms with E-state index in [9.17, 15) is 80.4 Å². The lowest BCUT2D eigenvalue weighted by molar-refractivity contribution is -0.158. The van der Waals surface area contributed by atoms with Crippen LogP contribution in [0.3, 0.4) is 0 Å². The molecule has 0 fully saturated rings. The Morgan fingerprint density at radius 2 is 0.504 bits per heavy atom. The minimum absolute atomic E-state index is 0. The number of para-hydroxylation sites is 4. The third-order valence-corrected chi connectivity index (χ3v) is 27.4. The molecule has 4 aromatic carbocycles. The molecule has 0 bridgehead atoms. The third-order valence-electron chi connectivity index (χ3n) is 14.5. The highest BCUT2D eigenvalue weighted by Gasteiger charge is 2.24. The summed E-state index contributed by atoms with van der Waals surface area (Å²) in [6.07, 6.45) is -7.17. The van der Waals surface area contributed by atoms with Gasteiger partial charge >= 0.3 is 49.0 Å². The molecule has 67 heteroatoms. The van der Waals surface area contributed by atoms with Gasteiger partial charge in [0.1, 0.15) is 68.5 Å². The SMILES string of the molecule is C.CS(=O)(=O)SCCN.CS(=O)(=O)SCCNC(=O)OCOCC(COCC(COCOC(=O)NCCSS(C)(=O)=O)OCOC(=O)NCCSS(C)(=O)=O)OCOC(=O)NCCSS(C)(=O)=O.O=C(OCOCC(COCC(COCOC(=O)On1nnc2ccccc21)OCOC(=O)On1nnc2ccccc21)OCOC(=O)On1nnc2ccccc21)On1nnc2ccccc21. The Bertz CT molecular complexity index is 5260. The van der Waals surface area contributed by atoms with Gasteiger partial charge in [-0.15, -0.1) is 20.4 Å². The van der Waals surface area contributed by atoms with E-state index in [4.69, 9.17) is 110 Å². The van der Waals surface area contributed by atoms with E-state index >= 15 is 0 Å². The van der Waals surface area contributed by atoms with Gasteiger partial charge < -0.3 is 112 Å². The van der Waals surface area contributed by atoms with Crippen LogP contribution >= 0.6 is 54.0 Å². The van der Waals surface area contributed by atoms with Crippen molar-refractivity contribution < 1.29 is 185 Å². The van der Waals surface area contributed by atoms with E-state index in [0.717, 1.165) is 55.2 Å². The number of fused-ring (bicyclic) bond motifs is 4. The summed E-state index contributed by atoms with van der Waals surface area (Å²) in [6.45, 7) is -7.07. The number of hydrogen-bond acceptors (Lipinski definition) is 54. The Kier molecular flexibility index (Phi) is 53.3. The summed E-state index contributed by atoms with van der Waals surface area (Å²) in [4.78, 5) is 121. The van der Waals surface area contributed by atoms with Gasteiger partial charge in [0, 0.05) is 92.8 Å². The number of alkyl carbamates (subject to hydrolysis) is 4. The topological polar surface area (TPSA) is 707 Å². The van der Waals surface area contributed by atoms with Gasteiger partial charge in [0.05, 0.1) is 52.9 Å². The van der Waals surface area contributed by atoms with Crippen LogP contribution in [0.5, 0.6) is 0 Å². The standard InChI is InChI=1S/C38H34N12O17.C26H50N4O21S8.C3H9NO2S2.CH4/c51-35(64-47-31-13-5-1-9-27(31)39-43-47)60-21-56-19-25(58-23-62-37(53)66-49-33-15-7-3-11-29(33)41-45-49)17-55-18-26(59-24-63-38(54)67-50-34-16-8-4-12-30(34)42-46-50)20-57-22-61-36(52)65-48-32-14-6-2-10-28(32)40-44-48;1-56(35,36)52-9-5-27-23(31)48-17-44-15-21(46-19-50-25(33)29-7-11-54-58(3,39)40)13-43-14-22(47-20-51-26(34)30-8-12-55-59(4,41)42)16-45-18-49-24(32)28-6-10-53-57(2,37)38;1-8(5,6)7-3-2-4;/h1-16,25-26H,17-24H2;21-22H,5-20H2,1-4H3,(H,27,31)(H,28,32)(H,29,33)(H,30,34);2-4H2,1H3;1H4. The van der Waals surface area contributed by atoms with Crippen LogP contribution in [0.1, 0.15) is 7.43 Å². The molecule has 8 aromatic rings. The molecule has 57 nitrogen and oxygen atoms in total.